The number of carbonyl (C=O) groups is 2. The number of amides is 2. The lowest BCUT2D eigenvalue weighted by Gasteiger charge is -2.20. The van der Waals surface area contributed by atoms with Crippen LogP contribution in [-0.2, 0) is 4.79 Å². The number of hydrogen-bond donors (Lipinski definition) is 2. The zero-order valence-electron chi connectivity index (χ0n) is 14.4. The molecule has 0 atom stereocenters. The van der Waals surface area contributed by atoms with Crippen LogP contribution in [0.15, 0.2) is 41.8 Å². The summed E-state index contributed by atoms with van der Waals surface area (Å²) in [6.45, 7) is 1.80. The highest BCUT2D eigenvalue weighted by Crippen LogP contribution is 2.16. The first-order valence-corrected chi connectivity index (χ1v) is 9.11. The summed E-state index contributed by atoms with van der Waals surface area (Å²) in [6, 6.07) is 10.2. The summed E-state index contributed by atoms with van der Waals surface area (Å²) in [6.07, 6.45) is -1.78. The van der Waals surface area contributed by atoms with Crippen molar-refractivity contribution in [1.82, 2.24) is 4.90 Å². The van der Waals surface area contributed by atoms with Gasteiger partial charge in [0, 0.05) is 11.4 Å². The molecule has 2 amide bonds. The van der Waals surface area contributed by atoms with Gasteiger partial charge in [0.1, 0.15) is 0 Å². The summed E-state index contributed by atoms with van der Waals surface area (Å²) in [7, 11) is 0. The third kappa shape index (κ3) is 6.53. The molecule has 0 saturated carbocycles. The molecule has 0 bridgehead atoms. The molecule has 2 N–H and O–H groups in total. The van der Waals surface area contributed by atoms with E-state index in [1.165, 1.54) is 16.2 Å². The van der Waals surface area contributed by atoms with Crippen molar-refractivity contribution < 1.29 is 18.4 Å². The Bertz CT molecular complexity index is 706. The van der Waals surface area contributed by atoms with Gasteiger partial charge in [-0.2, -0.15) is 0 Å². The van der Waals surface area contributed by atoms with Gasteiger partial charge in [-0.15, -0.1) is 11.3 Å². The van der Waals surface area contributed by atoms with Gasteiger partial charge in [-0.25, -0.2) is 8.78 Å². The number of alkyl halides is 2. The minimum absolute atomic E-state index is 0.0882. The molecule has 0 aliphatic heterocycles. The van der Waals surface area contributed by atoms with Crippen molar-refractivity contribution >= 4 is 34.5 Å². The molecule has 140 valence electrons. The number of hydrogen-bond acceptors (Lipinski definition) is 4. The molecule has 0 radical (unpaired) electrons. The minimum atomic E-state index is -2.47. The smallest absolute Gasteiger partial charge is 0.265 e. The maximum atomic E-state index is 12.5. The molecule has 0 saturated heterocycles. The predicted octanol–water partition coefficient (Wildman–Crippen LogP) is 3.92. The third-order valence-electron chi connectivity index (χ3n) is 3.47. The van der Waals surface area contributed by atoms with Crippen LogP contribution in [0.4, 0.5) is 20.2 Å². The highest BCUT2D eigenvalue weighted by atomic mass is 32.1. The fourth-order valence-electron chi connectivity index (χ4n) is 2.39. The number of halogens is 2. The van der Waals surface area contributed by atoms with E-state index in [-0.39, 0.29) is 18.4 Å². The molecule has 26 heavy (non-hydrogen) atoms. The van der Waals surface area contributed by atoms with Crippen LogP contribution in [0.5, 0.6) is 0 Å². The number of benzene rings is 1. The van der Waals surface area contributed by atoms with Crippen LogP contribution in [-0.4, -0.2) is 42.8 Å². The number of anilines is 2. The van der Waals surface area contributed by atoms with Crippen molar-refractivity contribution in [3.63, 3.8) is 0 Å². The Kier molecular flexibility index (Phi) is 7.68. The Hall–Kier alpha value is -2.32. The largest absolute Gasteiger partial charge is 0.325 e. The third-order valence-corrected chi connectivity index (χ3v) is 4.34. The summed E-state index contributed by atoms with van der Waals surface area (Å²) >= 11 is 1.35. The van der Waals surface area contributed by atoms with E-state index in [1.807, 2.05) is 12.3 Å². The Morgan fingerprint density at radius 3 is 2.31 bits per heavy atom. The van der Waals surface area contributed by atoms with E-state index in [2.05, 4.69) is 10.6 Å². The average molecular weight is 381 g/mol. The summed E-state index contributed by atoms with van der Waals surface area (Å²) in [4.78, 5) is 26.0. The monoisotopic (exact) mass is 381 g/mol. The van der Waals surface area contributed by atoms with E-state index < -0.39 is 13.0 Å². The molecule has 0 unspecified atom stereocenters. The van der Waals surface area contributed by atoms with E-state index in [0.29, 0.717) is 29.2 Å². The van der Waals surface area contributed by atoms with Crippen LogP contribution >= 0.6 is 11.3 Å². The lowest BCUT2D eigenvalue weighted by Crippen LogP contribution is -2.37. The molecule has 0 fully saturated rings. The lowest BCUT2D eigenvalue weighted by molar-refractivity contribution is -0.117. The molecule has 1 aromatic carbocycles. The van der Waals surface area contributed by atoms with Crippen molar-refractivity contribution in [3.05, 3.63) is 46.7 Å². The molecular weight excluding hydrogens is 360 g/mol. The average Bonchev–Trinajstić information content (AvgIpc) is 3.11. The van der Waals surface area contributed by atoms with E-state index in [9.17, 15) is 18.4 Å². The van der Waals surface area contributed by atoms with Gasteiger partial charge in [0.2, 0.25) is 5.91 Å². The van der Waals surface area contributed by atoms with Crippen LogP contribution in [0.25, 0.3) is 0 Å². The van der Waals surface area contributed by atoms with Gasteiger partial charge in [-0.3, -0.25) is 14.5 Å². The van der Waals surface area contributed by atoms with Crippen LogP contribution in [0.2, 0.25) is 0 Å². The second kappa shape index (κ2) is 9.98. The summed E-state index contributed by atoms with van der Waals surface area (Å²) in [5.74, 6) is -0.548. The maximum absolute atomic E-state index is 12.5. The molecule has 1 aromatic heterocycles. The van der Waals surface area contributed by atoms with Crippen molar-refractivity contribution in [3.8, 4) is 0 Å². The van der Waals surface area contributed by atoms with Crippen molar-refractivity contribution in [1.29, 1.82) is 0 Å². The first-order valence-electron chi connectivity index (χ1n) is 8.23. The minimum Gasteiger partial charge on any atom is -0.325 e. The molecule has 2 rings (SSSR count). The maximum Gasteiger partial charge on any atom is 0.265 e. The first kappa shape index (κ1) is 20.0. The van der Waals surface area contributed by atoms with Crippen LogP contribution in [0.1, 0.15) is 23.0 Å². The normalized spacial score (nSPS) is 11.0. The SMILES string of the molecule is CCCN(CC(=O)Nc1ccc(NC(=O)c2cccs2)cc1)CC(F)F. The number of nitrogens with zero attached hydrogens (tertiary/aromatic N) is 1. The van der Waals surface area contributed by atoms with Crippen molar-refractivity contribution in [2.75, 3.05) is 30.3 Å². The molecule has 8 heteroatoms. The van der Waals surface area contributed by atoms with Crippen LogP contribution < -0.4 is 10.6 Å². The van der Waals surface area contributed by atoms with Gasteiger partial charge in [-0.1, -0.05) is 13.0 Å². The quantitative estimate of drug-likeness (QED) is 0.692. The van der Waals surface area contributed by atoms with E-state index in [0.717, 1.165) is 0 Å². The Morgan fingerprint density at radius 2 is 1.77 bits per heavy atom. The highest BCUT2D eigenvalue weighted by molar-refractivity contribution is 7.12. The molecular formula is C18H21F2N3O2S. The lowest BCUT2D eigenvalue weighted by atomic mass is 10.2. The predicted molar refractivity (Wildman–Crippen MR) is 100 cm³/mol. The summed E-state index contributed by atoms with van der Waals surface area (Å²) in [5.41, 5.74) is 1.14. The number of thiophene rings is 1. The topological polar surface area (TPSA) is 61.4 Å². The molecule has 0 aliphatic rings. The van der Waals surface area contributed by atoms with Crippen molar-refractivity contribution in [2.45, 2.75) is 19.8 Å². The van der Waals surface area contributed by atoms with Gasteiger partial charge in [-0.05, 0) is 48.7 Å². The second-order valence-electron chi connectivity index (χ2n) is 5.68. The summed E-state index contributed by atoms with van der Waals surface area (Å²) in [5, 5.41) is 7.26. The Balaban J connectivity index is 1.87. The highest BCUT2D eigenvalue weighted by Gasteiger charge is 2.15. The summed E-state index contributed by atoms with van der Waals surface area (Å²) < 4.78 is 25.1. The van der Waals surface area contributed by atoms with Crippen molar-refractivity contribution in [2.24, 2.45) is 0 Å². The zero-order chi connectivity index (χ0) is 18.9. The van der Waals surface area contributed by atoms with Gasteiger partial charge in [0.15, 0.2) is 0 Å². The fraction of sp³-hybridized carbons (Fsp3) is 0.333. The van der Waals surface area contributed by atoms with Crippen LogP contribution in [0.3, 0.4) is 0 Å². The standard InChI is InChI=1S/C18H21F2N3O2S/c1-2-9-23(11-16(19)20)12-17(24)21-13-5-7-14(8-6-13)22-18(25)15-4-3-10-26-15/h3-8,10,16H,2,9,11-12H2,1H3,(H,21,24)(H,22,25). The van der Waals surface area contributed by atoms with Gasteiger partial charge in [0.25, 0.3) is 12.3 Å². The van der Waals surface area contributed by atoms with E-state index in [4.69, 9.17) is 0 Å². The molecule has 1 heterocycles. The number of nitrogens with one attached hydrogen (secondary N) is 2. The van der Waals surface area contributed by atoms with Crippen LogP contribution in [0, 0.1) is 0 Å². The molecule has 0 spiro atoms. The zero-order valence-corrected chi connectivity index (χ0v) is 15.2. The number of carbonyl (C=O) groups excluding carboxylic acids is 2. The van der Waals surface area contributed by atoms with Gasteiger partial charge in [0.05, 0.1) is 18.0 Å². The number of rotatable bonds is 9. The Labute approximate surface area is 155 Å². The molecule has 2 aromatic rings. The molecule has 0 aliphatic carbocycles. The second-order valence-corrected chi connectivity index (χ2v) is 6.63. The molecule has 5 nitrogen and oxygen atoms in total. The van der Waals surface area contributed by atoms with Gasteiger partial charge < -0.3 is 10.6 Å². The first-order chi connectivity index (χ1) is 12.5. The fourth-order valence-corrected chi connectivity index (χ4v) is 3.01. The van der Waals surface area contributed by atoms with E-state index >= 15 is 0 Å². The van der Waals surface area contributed by atoms with Gasteiger partial charge >= 0.3 is 0 Å². The Morgan fingerprint density at radius 1 is 1.12 bits per heavy atom. The van der Waals surface area contributed by atoms with E-state index in [1.54, 1.807) is 36.4 Å².